The molecule has 7 heteroatoms. The topological polar surface area (TPSA) is 47.6 Å². The average molecular weight is 478 g/mol. The Morgan fingerprint density at radius 2 is 1.96 bits per heavy atom. The van der Waals surface area contributed by atoms with Gasteiger partial charge in [-0.05, 0) is 58.5 Å². The zero-order chi connectivity index (χ0) is 17.1. The summed E-state index contributed by atoms with van der Waals surface area (Å²) in [7, 11) is 0. The van der Waals surface area contributed by atoms with E-state index in [0.717, 1.165) is 15.6 Å². The standard InChI is InChI=1S/C17H14Cl2INO3/c18-11-2-3-14(20)12(8-11)17(22)21-9-10-6-13(19)16-15(7-10)23-4-1-5-24-16/h2-3,6-8H,1,4-5,9H2,(H,21,22). The number of hydrogen-bond acceptors (Lipinski definition) is 3. The average Bonchev–Trinajstić information content (AvgIpc) is 2.80. The second-order valence-corrected chi connectivity index (χ2v) is 7.27. The van der Waals surface area contributed by atoms with Gasteiger partial charge in [-0.3, -0.25) is 4.79 Å². The quantitative estimate of drug-likeness (QED) is 0.652. The molecular formula is C17H14Cl2INO3. The van der Waals surface area contributed by atoms with Gasteiger partial charge < -0.3 is 14.8 Å². The van der Waals surface area contributed by atoms with Crippen LogP contribution in [0.1, 0.15) is 22.3 Å². The molecule has 126 valence electrons. The number of carbonyl (C=O) groups excluding carboxylic acids is 1. The molecule has 0 saturated carbocycles. The van der Waals surface area contributed by atoms with Gasteiger partial charge in [-0.2, -0.15) is 0 Å². The lowest BCUT2D eigenvalue weighted by Crippen LogP contribution is -2.23. The number of benzene rings is 2. The summed E-state index contributed by atoms with van der Waals surface area (Å²) < 4.78 is 12.1. The van der Waals surface area contributed by atoms with Crippen molar-refractivity contribution in [1.29, 1.82) is 0 Å². The van der Waals surface area contributed by atoms with Crippen LogP contribution in [0.15, 0.2) is 30.3 Å². The van der Waals surface area contributed by atoms with E-state index in [1.54, 1.807) is 18.2 Å². The number of fused-ring (bicyclic) bond motifs is 1. The van der Waals surface area contributed by atoms with Crippen molar-refractivity contribution in [3.05, 3.63) is 55.1 Å². The van der Waals surface area contributed by atoms with Crippen LogP contribution in [0.25, 0.3) is 0 Å². The Morgan fingerprint density at radius 3 is 2.79 bits per heavy atom. The van der Waals surface area contributed by atoms with Crippen LogP contribution in [0, 0.1) is 3.57 Å². The van der Waals surface area contributed by atoms with Gasteiger partial charge in [0.15, 0.2) is 11.5 Å². The summed E-state index contributed by atoms with van der Waals surface area (Å²) in [6, 6.07) is 8.83. The van der Waals surface area contributed by atoms with E-state index in [-0.39, 0.29) is 5.91 Å². The van der Waals surface area contributed by atoms with E-state index in [2.05, 4.69) is 27.9 Å². The van der Waals surface area contributed by atoms with E-state index < -0.39 is 0 Å². The van der Waals surface area contributed by atoms with Crippen molar-refractivity contribution in [1.82, 2.24) is 5.32 Å². The normalized spacial score (nSPS) is 13.3. The van der Waals surface area contributed by atoms with Gasteiger partial charge >= 0.3 is 0 Å². The lowest BCUT2D eigenvalue weighted by molar-refractivity contribution is 0.0950. The summed E-state index contributed by atoms with van der Waals surface area (Å²) in [5.74, 6) is 0.986. The molecule has 0 atom stereocenters. The Labute approximate surface area is 163 Å². The monoisotopic (exact) mass is 477 g/mol. The minimum Gasteiger partial charge on any atom is -0.489 e. The first-order valence-electron chi connectivity index (χ1n) is 7.36. The molecule has 1 aliphatic heterocycles. The molecule has 0 radical (unpaired) electrons. The van der Waals surface area contributed by atoms with Crippen LogP contribution in [-0.2, 0) is 6.54 Å². The maximum Gasteiger partial charge on any atom is 0.252 e. The number of halogens is 3. The molecule has 1 heterocycles. The highest BCUT2D eigenvalue weighted by Crippen LogP contribution is 2.38. The second-order valence-electron chi connectivity index (χ2n) is 5.26. The Balaban J connectivity index is 1.75. The van der Waals surface area contributed by atoms with Crippen LogP contribution >= 0.6 is 45.8 Å². The van der Waals surface area contributed by atoms with Crippen molar-refractivity contribution in [2.45, 2.75) is 13.0 Å². The lowest BCUT2D eigenvalue weighted by Gasteiger charge is -2.12. The van der Waals surface area contributed by atoms with Crippen molar-refractivity contribution >= 4 is 51.7 Å². The predicted octanol–water partition coefficient (Wildman–Crippen LogP) is 4.69. The zero-order valence-corrected chi connectivity index (χ0v) is 16.2. The van der Waals surface area contributed by atoms with Crippen LogP contribution in [-0.4, -0.2) is 19.1 Å². The predicted molar refractivity (Wildman–Crippen MR) is 102 cm³/mol. The van der Waals surface area contributed by atoms with Crippen molar-refractivity contribution in [3.8, 4) is 11.5 Å². The number of nitrogens with one attached hydrogen (secondary N) is 1. The van der Waals surface area contributed by atoms with Gasteiger partial charge in [0.05, 0.1) is 23.8 Å². The lowest BCUT2D eigenvalue weighted by atomic mass is 10.1. The van der Waals surface area contributed by atoms with Crippen molar-refractivity contribution in [2.24, 2.45) is 0 Å². The van der Waals surface area contributed by atoms with Gasteiger partial charge in [-0.15, -0.1) is 0 Å². The summed E-state index contributed by atoms with van der Waals surface area (Å²) in [5.41, 5.74) is 1.39. The number of hydrogen-bond donors (Lipinski definition) is 1. The summed E-state index contributed by atoms with van der Waals surface area (Å²) in [6.07, 6.45) is 0.810. The smallest absolute Gasteiger partial charge is 0.252 e. The molecule has 0 spiro atoms. The number of carbonyl (C=O) groups is 1. The third-order valence-corrected chi connectivity index (χ3v) is 4.94. The fraction of sp³-hybridized carbons (Fsp3) is 0.235. The maximum absolute atomic E-state index is 12.4. The summed E-state index contributed by atoms with van der Waals surface area (Å²) in [6.45, 7) is 1.49. The molecule has 2 aromatic rings. The third kappa shape index (κ3) is 4.07. The first-order valence-corrected chi connectivity index (χ1v) is 9.19. The number of amides is 1. The van der Waals surface area contributed by atoms with Crippen LogP contribution in [0.5, 0.6) is 11.5 Å². The second kappa shape index (κ2) is 7.80. The molecular weight excluding hydrogens is 464 g/mol. The minimum absolute atomic E-state index is 0.190. The highest BCUT2D eigenvalue weighted by Gasteiger charge is 2.16. The SMILES string of the molecule is O=C(NCc1cc(Cl)c2c(c1)OCCCO2)c1cc(Cl)ccc1I. The highest BCUT2D eigenvalue weighted by molar-refractivity contribution is 14.1. The molecule has 3 rings (SSSR count). The largest absolute Gasteiger partial charge is 0.489 e. The molecule has 4 nitrogen and oxygen atoms in total. The van der Waals surface area contributed by atoms with Gasteiger partial charge in [-0.25, -0.2) is 0 Å². The molecule has 0 unspecified atom stereocenters. The van der Waals surface area contributed by atoms with Gasteiger partial charge in [0.1, 0.15) is 0 Å². The summed E-state index contributed by atoms with van der Waals surface area (Å²) in [5, 5.41) is 3.88. The minimum atomic E-state index is -0.190. The third-order valence-electron chi connectivity index (χ3n) is 3.49. The van der Waals surface area contributed by atoms with Gasteiger partial charge in [0.25, 0.3) is 5.91 Å². The van der Waals surface area contributed by atoms with E-state index >= 15 is 0 Å². The molecule has 24 heavy (non-hydrogen) atoms. The van der Waals surface area contributed by atoms with Crippen LogP contribution < -0.4 is 14.8 Å². The van der Waals surface area contributed by atoms with Gasteiger partial charge in [-0.1, -0.05) is 23.2 Å². The molecule has 1 aliphatic rings. The number of rotatable bonds is 3. The molecule has 0 fully saturated rings. The van der Waals surface area contributed by atoms with Crippen molar-refractivity contribution < 1.29 is 14.3 Å². The molecule has 0 aliphatic carbocycles. The molecule has 1 N–H and O–H groups in total. The van der Waals surface area contributed by atoms with E-state index in [0.29, 0.717) is 46.9 Å². The highest BCUT2D eigenvalue weighted by atomic mass is 127. The first kappa shape index (κ1) is 17.6. The Kier molecular flexibility index (Phi) is 5.73. The van der Waals surface area contributed by atoms with Crippen LogP contribution in [0.2, 0.25) is 10.0 Å². The fourth-order valence-corrected chi connectivity index (χ4v) is 3.38. The first-order chi connectivity index (χ1) is 11.5. The molecule has 2 aromatic carbocycles. The van der Waals surface area contributed by atoms with E-state index in [9.17, 15) is 4.79 Å². The Hall–Kier alpha value is -1.18. The van der Waals surface area contributed by atoms with Crippen molar-refractivity contribution in [3.63, 3.8) is 0 Å². The van der Waals surface area contributed by atoms with E-state index in [1.165, 1.54) is 0 Å². The fourth-order valence-electron chi connectivity index (χ4n) is 2.34. The van der Waals surface area contributed by atoms with E-state index in [1.807, 2.05) is 12.1 Å². The van der Waals surface area contributed by atoms with Gasteiger partial charge in [0.2, 0.25) is 0 Å². The van der Waals surface area contributed by atoms with Gasteiger partial charge in [0, 0.05) is 21.6 Å². The summed E-state index contributed by atoms with van der Waals surface area (Å²) >= 11 is 14.3. The summed E-state index contributed by atoms with van der Waals surface area (Å²) in [4.78, 5) is 12.4. The van der Waals surface area contributed by atoms with Crippen LogP contribution in [0.3, 0.4) is 0 Å². The molecule has 0 bridgehead atoms. The van der Waals surface area contributed by atoms with Crippen molar-refractivity contribution in [2.75, 3.05) is 13.2 Å². The van der Waals surface area contributed by atoms with Crippen LogP contribution in [0.4, 0.5) is 0 Å². The molecule has 0 aromatic heterocycles. The Bertz CT molecular complexity index is 783. The molecule has 0 saturated heterocycles. The van der Waals surface area contributed by atoms with E-state index in [4.69, 9.17) is 32.7 Å². The number of ether oxygens (including phenoxy) is 2. The zero-order valence-electron chi connectivity index (χ0n) is 12.6. The Morgan fingerprint density at radius 1 is 1.17 bits per heavy atom. The molecule has 1 amide bonds. The maximum atomic E-state index is 12.4.